The molecule has 0 radical (unpaired) electrons. The fourth-order valence-electron chi connectivity index (χ4n) is 3.65. The Bertz CT molecular complexity index is 1330. The molecule has 0 spiro atoms. The largest absolute Gasteiger partial charge is 0.330 e. The summed E-state index contributed by atoms with van der Waals surface area (Å²) in [5.41, 5.74) is 2.95. The van der Waals surface area contributed by atoms with Crippen LogP contribution in [-0.2, 0) is 13.1 Å². The van der Waals surface area contributed by atoms with Gasteiger partial charge in [0.15, 0.2) is 5.16 Å². The van der Waals surface area contributed by atoms with Gasteiger partial charge in [0.2, 0.25) is 0 Å². The summed E-state index contributed by atoms with van der Waals surface area (Å²) in [6, 6.07) is 14.0. The van der Waals surface area contributed by atoms with Gasteiger partial charge in [-0.05, 0) is 29.8 Å². The van der Waals surface area contributed by atoms with E-state index in [0.29, 0.717) is 40.2 Å². The summed E-state index contributed by atoms with van der Waals surface area (Å²) in [7, 11) is 0. The summed E-state index contributed by atoms with van der Waals surface area (Å²) in [6.45, 7) is 0.964. The standard InChI is InChI=1S/C20H13FN4OS/c21-14-5-6-16-15(9-14)17-18(19(26)24-7-8-27-20(24)23-17)25(16)11-13-4-2-1-3-12(13)10-22/h1-6,9H,7-8,11H2. The third kappa shape index (κ3) is 2.37. The number of aromatic nitrogens is 3. The van der Waals surface area contributed by atoms with Crippen molar-refractivity contribution < 1.29 is 4.39 Å². The van der Waals surface area contributed by atoms with Gasteiger partial charge in [0.1, 0.15) is 16.9 Å². The molecule has 1 aliphatic heterocycles. The van der Waals surface area contributed by atoms with Gasteiger partial charge in [-0.15, -0.1) is 0 Å². The Kier molecular flexibility index (Phi) is 3.55. The van der Waals surface area contributed by atoms with Gasteiger partial charge in [-0.3, -0.25) is 9.36 Å². The van der Waals surface area contributed by atoms with Crippen molar-refractivity contribution in [1.29, 1.82) is 5.26 Å². The van der Waals surface area contributed by atoms with Crippen LogP contribution in [0.1, 0.15) is 11.1 Å². The van der Waals surface area contributed by atoms with Crippen LogP contribution < -0.4 is 5.56 Å². The van der Waals surface area contributed by atoms with E-state index < -0.39 is 0 Å². The number of hydrogen-bond acceptors (Lipinski definition) is 4. The predicted molar refractivity (Wildman–Crippen MR) is 102 cm³/mol. The lowest BCUT2D eigenvalue weighted by Gasteiger charge is -2.09. The average Bonchev–Trinajstić information content (AvgIpc) is 3.26. The number of nitriles is 1. The monoisotopic (exact) mass is 376 g/mol. The Morgan fingerprint density at radius 1 is 1.26 bits per heavy atom. The molecule has 2 aromatic carbocycles. The highest BCUT2D eigenvalue weighted by Gasteiger charge is 2.23. The molecule has 0 amide bonds. The molecule has 5 nitrogen and oxygen atoms in total. The summed E-state index contributed by atoms with van der Waals surface area (Å²) in [4.78, 5) is 17.8. The quantitative estimate of drug-likeness (QED) is 0.502. The molecule has 7 heteroatoms. The Labute approximate surface area is 157 Å². The zero-order valence-corrected chi connectivity index (χ0v) is 15.0. The zero-order chi connectivity index (χ0) is 18.5. The molecule has 132 valence electrons. The minimum absolute atomic E-state index is 0.119. The topological polar surface area (TPSA) is 63.6 Å². The van der Waals surface area contributed by atoms with Crippen LogP contribution in [0.15, 0.2) is 52.4 Å². The van der Waals surface area contributed by atoms with Crippen LogP contribution >= 0.6 is 11.8 Å². The Hall–Kier alpha value is -3.11. The number of hydrogen-bond donors (Lipinski definition) is 0. The fraction of sp³-hybridized carbons (Fsp3) is 0.150. The molecule has 5 rings (SSSR count). The molecule has 0 atom stereocenters. The normalized spacial score (nSPS) is 13.2. The summed E-state index contributed by atoms with van der Waals surface area (Å²) >= 11 is 1.53. The number of nitrogens with zero attached hydrogens (tertiary/aromatic N) is 4. The molecule has 3 heterocycles. The summed E-state index contributed by atoms with van der Waals surface area (Å²) < 4.78 is 17.5. The molecular weight excluding hydrogens is 363 g/mol. The lowest BCUT2D eigenvalue weighted by Crippen LogP contribution is -2.22. The molecule has 0 saturated carbocycles. The van der Waals surface area contributed by atoms with Crippen LogP contribution in [0.5, 0.6) is 0 Å². The first-order chi connectivity index (χ1) is 13.2. The van der Waals surface area contributed by atoms with Crippen molar-refractivity contribution in [3.05, 3.63) is 69.8 Å². The van der Waals surface area contributed by atoms with E-state index >= 15 is 0 Å². The summed E-state index contributed by atoms with van der Waals surface area (Å²) in [5, 5.41) is 10.7. The van der Waals surface area contributed by atoms with Crippen molar-refractivity contribution in [2.24, 2.45) is 0 Å². The van der Waals surface area contributed by atoms with Gasteiger partial charge >= 0.3 is 0 Å². The minimum atomic E-state index is -0.367. The van der Waals surface area contributed by atoms with Gasteiger partial charge in [0.05, 0.1) is 17.1 Å². The number of rotatable bonds is 2. The fourth-order valence-corrected chi connectivity index (χ4v) is 4.59. The van der Waals surface area contributed by atoms with Crippen LogP contribution in [-0.4, -0.2) is 19.9 Å². The van der Waals surface area contributed by atoms with Gasteiger partial charge < -0.3 is 4.57 Å². The van der Waals surface area contributed by atoms with Crippen molar-refractivity contribution >= 4 is 33.7 Å². The lowest BCUT2D eigenvalue weighted by atomic mass is 10.1. The van der Waals surface area contributed by atoms with E-state index in [9.17, 15) is 14.4 Å². The van der Waals surface area contributed by atoms with Crippen LogP contribution in [0, 0.1) is 17.1 Å². The second kappa shape index (κ2) is 5.96. The zero-order valence-electron chi connectivity index (χ0n) is 14.1. The van der Waals surface area contributed by atoms with Gasteiger partial charge in [-0.25, -0.2) is 9.37 Å². The highest BCUT2D eigenvalue weighted by molar-refractivity contribution is 7.99. The molecule has 1 aliphatic rings. The molecule has 0 bridgehead atoms. The molecule has 27 heavy (non-hydrogen) atoms. The number of benzene rings is 2. The SMILES string of the molecule is N#Cc1ccccc1Cn1c2ccc(F)cc2c2nc3n(c(=O)c21)CCS3. The lowest BCUT2D eigenvalue weighted by molar-refractivity contribution is 0.629. The first-order valence-corrected chi connectivity index (χ1v) is 9.49. The predicted octanol–water partition coefficient (Wildman–Crippen LogP) is 3.52. The highest BCUT2D eigenvalue weighted by Crippen LogP contribution is 2.31. The van der Waals surface area contributed by atoms with E-state index in [-0.39, 0.29) is 11.4 Å². The number of fused-ring (bicyclic) bond motifs is 4. The maximum atomic E-state index is 13.9. The minimum Gasteiger partial charge on any atom is -0.330 e. The number of halogens is 1. The van der Waals surface area contributed by atoms with Crippen LogP contribution in [0.2, 0.25) is 0 Å². The Morgan fingerprint density at radius 2 is 2.11 bits per heavy atom. The molecule has 2 aromatic heterocycles. The first-order valence-electron chi connectivity index (χ1n) is 8.50. The van der Waals surface area contributed by atoms with E-state index in [2.05, 4.69) is 11.1 Å². The molecular formula is C20H13FN4OS. The second-order valence-corrected chi connectivity index (χ2v) is 7.48. The highest BCUT2D eigenvalue weighted by atomic mass is 32.2. The van der Waals surface area contributed by atoms with Gasteiger partial charge in [-0.2, -0.15) is 5.26 Å². The van der Waals surface area contributed by atoms with Gasteiger partial charge in [0, 0.05) is 24.2 Å². The van der Waals surface area contributed by atoms with Gasteiger partial charge in [0.25, 0.3) is 5.56 Å². The summed E-state index contributed by atoms with van der Waals surface area (Å²) in [5.74, 6) is 0.437. The third-order valence-corrected chi connectivity index (χ3v) is 5.85. The molecule has 0 unspecified atom stereocenters. The smallest absolute Gasteiger partial charge is 0.278 e. The Morgan fingerprint density at radius 3 is 2.96 bits per heavy atom. The van der Waals surface area contributed by atoms with Crippen LogP contribution in [0.25, 0.3) is 21.9 Å². The van der Waals surface area contributed by atoms with Crippen molar-refractivity contribution in [1.82, 2.24) is 14.1 Å². The molecule has 0 fully saturated rings. The number of thioether (sulfide) groups is 1. The van der Waals surface area contributed by atoms with Crippen molar-refractivity contribution in [2.45, 2.75) is 18.2 Å². The van der Waals surface area contributed by atoms with E-state index in [1.54, 1.807) is 16.7 Å². The van der Waals surface area contributed by atoms with Crippen molar-refractivity contribution in [3.63, 3.8) is 0 Å². The van der Waals surface area contributed by atoms with Crippen LogP contribution in [0.3, 0.4) is 0 Å². The van der Waals surface area contributed by atoms with E-state index in [4.69, 9.17) is 0 Å². The van der Waals surface area contributed by atoms with E-state index in [0.717, 1.165) is 16.8 Å². The van der Waals surface area contributed by atoms with Crippen molar-refractivity contribution in [3.8, 4) is 6.07 Å². The maximum Gasteiger partial charge on any atom is 0.278 e. The first kappa shape index (κ1) is 16.1. The maximum absolute atomic E-state index is 13.9. The molecule has 0 aliphatic carbocycles. The van der Waals surface area contributed by atoms with Crippen molar-refractivity contribution in [2.75, 3.05) is 5.75 Å². The van der Waals surface area contributed by atoms with Crippen LogP contribution in [0.4, 0.5) is 4.39 Å². The second-order valence-electron chi connectivity index (χ2n) is 6.41. The molecule has 0 saturated heterocycles. The third-order valence-electron chi connectivity index (χ3n) is 4.90. The van der Waals surface area contributed by atoms with Gasteiger partial charge in [-0.1, -0.05) is 30.0 Å². The van der Waals surface area contributed by atoms with E-state index in [1.165, 1.54) is 23.9 Å². The molecule has 4 aromatic rings. The Balaban J connectivity index is 1.87. The average molecular weight is 376 g/mol. The van der Waals surface area contributed by atoms with E-state index in [1.807, 2.05) is 22.8 Å². The molecule has 0 N–H and O–H groups in total. The summed E-state index contributed by atoms with van der Waals surface area (Å²) in [6.07, 6.45) is 0.